The van der Waals surface area contributed by atoms with E-state index in [1.54, 1.807) is 18.3 Å². The van der Waals surface area contributed by atoms with E-state index in [-0.39, 0.29) is 12.1 Å². The minimum atomic E-state index is -1.07. The summed E-state index contributed by atoms with van der Waals surface area (Å²) < 4.78 is 5.75. The Morgan fingerprint density at radius 1 is 1.16 bits per heavy atom. The molecule has 2 atom stereocenters. The van der Waals surface area contributed by atoms with Crippen LogP contribution in [-0.4, -0.2) is 40.3 Å². The topological polar surface area (TPSA) is 69.4 Å². The van der Waals surface area contributed by atoms with Crippen molar-refractivity contribution in [3.05, 3.63) is 65.5 Å². The molecule has 5 nitrogen and oxygen atoms in total. The zero-order valence-corrected chi connectivity index (χ0v) is 14.0. The van der Waals surface area contributed by atoms with E-state index in [9.17, 15) is 10.4 Å². The number of pyridine rings is 1. The monoisotopic (exact) mass is 335 g/mol. The van der Waals surface area contributed by atoms with Gasteiger partial charge in [0.1, 0.15) is 11.7 Å². The molecule has 0 radical (unpaired) electrons. The van der Waals surface area contributed by atoms with Gasteiger partial charge in [0.2, 0.25) is 0 Å². The van der Waals surface area contributed by atoms with E-state index < -0.39 is 5.60 Å². The highest BCUT2D eigenvalue weighted by atomic mass is 16.5. The average Bonchev–Trinajstić information content (AvgIpc) is 2.63. The van der Waals surface area contributed by atoms with Crippen molar-refractivity contribution in [1.82, 2.24) is 9.88 Å². The highest BCUT2D eigenvalue weighted by Gasteiger charge is 2.48. The van der Waals surface area contributed by atoms with Gasteiger partial charge >= 0.3 is 0 Å². The van der Waals surface area contributed by atoms with Gasteiger partial charge < -0.3 is 9.84 Å². The molecule has 1 aromatic carbocycles. The van der Waals surface area contributed by atoms with Gasteiger partial charge in [-0.15, -0.1) is 0 Å². The summed E-state index contributed by atoms with van der Waals surface area (Å²) in [7, 11) is 0. The molecule has 2 aliphatic rings. The summed E-state index contributed by atoms with van der Waals surface area (Å²) in [5.41, 5.74) is 1.16. The quantitative estimate of drug-likeness (QED) is 0.931. The van der Waals surface area contributed by atoms with E-state index in [4.69, 9.17) is 4.74 Å². The first-order chi connectivity index (χ1) is 12.2. The Hall–Kier alpha value is -2.26. The molecule has 5 heteroatoms. The van der Waals surface area contributed by atoms with Crippen LogP contribution in [-0.2, 0) is 16.9 Å². The average molecular weight is 335 g/mol. The normalized spacial score (nSPS) is 29.1. The number of hydrogen-bond donors (Lipinski definition) is 1. The lowest BCUT2D eigenvalue weighted by molar-refractivity contribution is -0.151. The number of nitriles is 1. The predicted molar refractivity (Wildman–Crippen MR) is 92.5 cm³/mol. The van der Waals surface area contributed by atoms with E-state index in [2.05, 4.69) is 40.2 Å². The first-order valence-electron chi connectivity index (χ1n) is 8.65. The van der Waals surface area contributed by atoms with Crippen LogP contribution < -0.4 is 0 Å². The third kappa shape index (κ3) is 3.05. The third-order valence-electron chi connectivity index (χ3n) is 5.28. The molecular weight excluding hydrogens is 314 g/mol. The molecule has 0 aliphatic carbocycles. The van der Waals surface area contributed by atoms with E-state index in [0.29, 0.717) is 37.3 Å². The van der Waals surface area contributed by atoms with Crippen LogP contribution in [0, 0.1) is 11.3 Å². The van der Waals surface area contributed by atoms with Crippen molar-refractivity contribution in [2.45, 2.75) is 37.1 Å². The molecule has 2 bridgehead atoms. The summed E-state index contributed by atoms with van der Waals surface area (Å²) in [6.45, 7) is 2.05. The van der Waals surface area contributed by atoms with Gasteiger partial charge in [0.05, 0.1) is 24.5 Å². The Morgan fingerprint density at radius 3 is 2.56 bits per heavy atom. The number of piperidine rings is 1. The lowest BCUT2D eigenvalue weighted by Gasteiger charge is -2.51. The molecule has 1 aromatic heterocycles. The number of morpholine rings is 1. The lowest BCUT2D eigenvalue weighted by Crippen LogP contribution is -2.60. The van der Waals surface area contributed by atoms with Crippen molar-refractivity contribution in [3.63, 3.8) is 0 Å². The smallest absolute Gasteiger partial charge is 0.111 e. The summed E-state index contributed by atoms with van der Waals surface area (Å²) in [4.78, 5) is 6.78. The molecule has 0 spiro atoms. The zero-order chi connectivity index (χ0) is 17.3. The van der Waals surface area contributed by atoms with Crippen LogP contribution in [0.4, 0.5) is 0 Å². The van der Waals surface area contributed by atoms with Gasteiger partial charge in [0, 0.05) is 24.8 Å². The maximum Gasteiger partial charge on any atom is 0.111 e. The molecule has 2 saturated heterocycles. The summed E-state index contributed by atoms with van der Waals surface area (Å²) in [6, 6.07) is 16.2. The summed E-state index contributed by atoms with van der Waals surface area (Å²) >= 11 is 0. The Bertz CT molecular complexity index is 773. The van der Waals surface area contributed by atoms with Crippen molar-refractivity contribution in [1.29, 1.82) is 5.26 Å². The molecule has 1 N–H and O–H groups in total. The molecule has 3 heterocycles. The fourth-order valence-electron chi connectivity index (χ4n) is 4.16. The number of nitrogens with zero attached hydrogens (tertiary/aromatic N) is 3. The minimum Gasteiger partial charge on any atom is -0.383 e. The zero-order valence-electron chi connectivity index (χ0n) is 14.0. The molecule has 128 valence electrons. The van der Waals surface area contributed by atoms with Gasteiger partial charge in [-0.1, -0.05) is 30.3 Å². The molecule has 2 fully saturated rings. The number of ether oxygens (including phenoxy) is 1. The molecular formula is C20H21N3O2. The van der Waals surface area contributed by atoms with Gasteiger partial charge in [-0.25, -0.2) is 0 Å². The van der Waals surface area contributed by atoms with Crippen molar-refractivity contribution in [3.8, 4) is 6.07 Å². The number of rotatable bonds is 3. The van der Waals surface area contributed by atoms with Crippen LogP contribution >= 0.6 is 0 Å². The molecule has 2 aromatic rings. The molecule has 0 saturated carbocycles. The molecule has 0 amide bonds. The fraction of sp³-hybridized carbons (Fsp3) is 0.400. The lowest BCUT2D eigenvalue weighted by atomic mass is 9.77. The third-order valence-corrected chi connectivity index (χ3v) is 5.28. The van der Waals surface area contributed by atoms with Gasteiger partial charge in [-0.3, -0.25) is 9.88 Å². The summed E-state index contributed by atoms with van der Waals surface area (Å²) in [6.07, 6.45) is 2.71. The second-order valence-corrected chi connectivity index (χ2v) is 6.95. The van der Waals surface area contributed by atoms with Gasteiger partial charge in [-0.2, -0.15) is 5.26 Å². The minimum absolute atomic E-state index is 0.117. The molecule has 4 rings (SSSR count). The van der Waals surface area contributed by atoms with Crippen LogP contribution in [0.15, 0.2) is 48.7 Å². The van der Waals surface area contributed by atoms with Crippen LogP contribution in [0.1, 0.15) is 29.7 Å². The van der Waals surface area contributed by atoms with Crippen molar-refractivity contribution < 1.29 is 9.84 Å². The van der Waals surface area contributed by atoms with E-state index in [1.165, 1.54) is 5.56 Å². The fourth-order valence-corrected chi connectivity index (χ4v) is 4.16. The maximum absolute atomic E-state index is 11.3. The van der Waals surface area contributed by atoms with Crippen molar-refractivity contribution in [2.75, 3.05) is 13.2 Å². The Kier molecular flexibility index (Phi) is 4.26. The van der Waals surface area contributed by atoms with Gasteiger partial charge in [0.25, 0.3) is 0 Å². The van der Waals surface area contributed by atoms with Crippen LogP contribution in [0.25, 0.3) is 0 Å². The van der Waals surface area contributed by atoms with Crippen molar-refractivity contribution >= 4 is 0 Å². The first-order valence-corrected chi connectivity index (χ1v) is 8.65. The second kappa shape index (κ2) is 6.57. The Labute approximate surface area is 147 Å². The second-order valence-electron chi connectivity index (χ2n) is 6.95. The van der Waals surface area contributed by atoms with Gasteiger partial charge in [-0.05, 0) is 30.5 Å². The number of aromatic nitrogens is 1. The van der Waals surface area contributed by atoms with E-state index in [1.807, 2.05) is 6.07 Å². The van der Waals surface area contributed by atoms with E-state index >= 15 is 0 Å². The highest BCUT2D eigenvalue weighted by Crippen LogP contribution is 2.41. The maximum atomic E-state index is 11.3. The van der Waals surface area contributed by atoms with Gasteiger partial charge in [0.15, 0.2) is 0 Å². The number of fused-ring (bicyclic) bond motifs is 2. The standard InChI is InChI=1S/C20H21N3O2/c21-11-16-7-4-8-22-19(16)20(24)9-17-13-25-14-18(10-20)23(17)12-15-5-2-1-3-6-15/h1-8,17-18,24H,9-10,12-14H2. The van der Waals surface area contributed by atoms with Crippen molar-refractivity contribution in [2.24, 2.45) is 0 Å². The predicted octanol–water partition coefficient (Wildman–Crippen LogP) is 2.20. The van der Waals surface area contributed by atoms with E-state index in [0.717, 1.165) is 6.54 Å². The molecule has 25 heavy (non-hydrogen) atoms. The number of hydrogen-bond acceptors (Lipinski definition) is 5. The van der Waals surface area contributed by atoms with Crippen LogP contribution in [0.2, 0.25) is 0 Å². The van der Waals surface area contributed by atoms with Crippen LogP contribution in [0.5, 0.6) is 0 Å². The number of aliphatic hydroxyl groups is 1. The Morgan fingerprint density at radius 2 is 1.88 bits per heavy atom. The summed E-state index contributed by atoms with van der Waals surface area (Å²) in [5.74, 6) is 0. The molecule has 2 unspecified atom stereocenters. The Balaban J connectivity index is 1.62. The SMILES string of the molecule is N#Cc1cccnc1C1(O)CC2COCC(C1)N2Cc1ccccc1. The summed E-state index contributed by atoms with van der Waals surface area (Å²) in [5, 5.41) is 20.7. The first kappa shape index (κ1) is 16.2. The van der Waals surface area contributed by atoms with Crippen LogP contribution in [0.3, 0.4) is 0 Å². The largest absolute Gasteiger partial charge is 0.383 e. The molecule has 2 aliphatic heterocycles. The number of benzene rings is 1. The highest BCUT2D eigenvalue weighted by molar-refractivity contribution is 5.37.